The molecular weight excluding hydrogens is 432 g/mol. The lowest BCUT2D eigenvalue weighted by Crippen LogP contribution is -2.53. The molecule has 3 aromatic rings. The van der Waals surface area contributed by atoms with Gasteiger partial charge in [-0.2, -0.15) is 0 Å². The number of aryl methyl sites for hydroxylation is 1. The molecule has 7 nitrogen and oxygen atoms in total. The molecule has 3 N–H and O–H groups in total. The summed E-state index contributed by atoms with van der Waals surface area (Å²) in [7, 11) is 0. The molecule has 0 aliphatic heterocycles. The van der Waals surface area contributed by atoms with E-state index < -0.39 is 30.1 Å². The van der Waals surface area contributed by atoms with Crippen molar-refractivity contribution in [2.45, 2.75) is 38.5 Å². The van der Waals surface area contributed by atoms with E-state index in [0.717, 1.165) is 22.3 Å². The second-order valence-corrected chi connectivity index (χ2v) is 8.04. The fraction of sp³-hybridized carbons (Fsp3) is 0.222. The number of ether oxygens (including phenoxy) is 1. The van der Waals surface area contributed by atoms with Crippen LogP contribution in [0.3, 0.4) is 0 Å². The fourth-order valence-electron chi connectivity index (χ4n) is 3.51. The molecule has 0 fully saturated rings. The third-order valence-electron chi connectivity index (χ3n) is 5.24. The first kappa shape index (κ1) is 24.5. The summed E-state index contributed by atoms with van der Waals surface area (Å²) in [4.78, 5) is 37.4. The zero-order chi connectivity index (χ0) is 24.3. The van der Waals surface area contributed by atoms with Crippen molar-refractivity contribution in [3.05, 3.63) is 107 Å². The van der Waals surface area contributed by atoms with Crippen LogP contribution in [0.15, 0.2) is 84.9 Å². The van der Waals surface area contributed by atoms with E-state index in [0.29, 0.717) is 0 Å². The van der Waals surface area contributed by atoms with Gasteiger partial charge in [-0.1, -0.05) is 90.5 Å². The average Bonchev–Trinajstić information content (AvgIpc) is 2.83. The predicted octanol–water partition coefficient (Wildman–Crippen LogP) is 3.64. The molecule has 176 valence electrons. The molecular formula is C27H28N2O5. The number of carbonyl (C=O) groups is 3. The SMILES string of the molecule is Cc1cccc(C[C@H](NC(=O)[C@H](Cc2ccccc2)NC(=O)OCc2ccccc2)C(=O)O)c1. The Labute approximate surface area is 198 Å². The molecule has 0 saturated heterocycles. The Kier molecular flexibility index (Phi) is 8.80. The van der Waals surface area contributed by atoms with Crippen LogP contribution >= 0.6 is 0 Å². The number of carbonyl (C=O) groups excluding carboxylic acids is 2. The second-order valence-electron chi connectivity index (χ2n) is 8.04. The van der Waals surface area contributed by atoms with Crippen LogP contribution in [0.4, 0.5) is 4.79 Å². The predicted molar refractivity (Wildman–Crippen MR) is 128 cm³/mol. The Morgan fingerprint density at radius 2 is 1.35 bits per heavy atom. The van der Waals surface area contributed by atoms with Crippen molar-refractivity contribution in [2.24, 2.45) is 0 Å². The zero-order valence-corrected chi connectivity index (χ0v) is 18.9. The minimum atomic E-state index is -1.15. The number of hydrogen-bond donors (Lipinski definition) is 3. The molecule has 0 spiro atoms. The van der Waals surface area contributed by atoms with Crippen LogP contribution in [0.2, 0.25) is 0 Å². The molecule has 7 heteroatoms. The topological polar surface area (TPSA) is 105 Å². The van der Waals surface area contributed by atoms with Gasteiger partial charge in [0.2, 0.25) is 5.91 Å². The van der Waals surface area contributed by atoms with Crippen molar-refractivity contribution in [1.82, 2.24) is 10.6 Å². The highest BCUT2D eigenvalue weighted by atomic mass is 16.5. The summed E-state index contributed by atoms with van der Waals surface area (Å²) in [6, 6.07) is 23.6. The van der Waals surface area contributed by atoms with E-state index in [2.05, 4.69) is 10.6 Å². The van der Waals surface area contributed by atoms with Crippen molar-refractivity contribution in [3.8, 4) is 0 Å². The standard InChI is InChI=1S/C27H28N2O5/c1-19-9-8-14-22(15-19)17-24(26(31)32)28-25(30)23(16-20-10-4-2-5-11-20)29-27(33)34-18-21-12-6-3-7-13-21/h2-15,23-24H,16-18H2,1H3,(H,28,30)(H,29,33)(H,31,32)/t23-,24-/m0/s1. The fourth-order valence-corrected chi connectivity index (χ4v) is 3.51. The van der Waals surface area contributed by atoms with Crippen molar-refractivity contribution in [1.29, 1.82) is 0 Å². The quantitative estimate of drug-likeness (QED) is 0.428. The Hall–Kier alpha value is -4.13. The monoisotopic (exact) mass is 460 g/mol. The van der Waals surface area contributed by atoms with E-state index in [4.69, 9.17) is 4.74 Å². The summed E-state index contributed by atoms with van der Waals surface area (Å²) in [5.41, 5.74) is 3.42. The summed E-state index contributed by atoms with van der Waals surface area (Å²) >= 11 is 0. The number of benzene rings is 3. The Morgan fingerprint density at radius 1 is 0.765 bits per heavy atom. The van der Waals surface area contributed by atoms with Gasteiger partial charge >= 0.3 is 12.1 Å². The number of alkyl carbamates (subject to hydrolysis) is 1. The van der Waals surface area contributed by atoms with Crippen LogP contribution in [0, 0.1) is 6.92 Å². The van der Waals surface area contributed by atoms with E-state index in [1.165, 1.54) is 0 Å². The van der Waals surface area contributed by atoms with E-state index in [1.807, 2.05) is 91.9 Å². The third kappa shape index (κ3) is 7.78. The van der Waals surface area contributed by atoms with Gasteiger partial charge in [0.05, 0.1) is 0 Å². The number of aliphatic carboxylic acids is 1. The maximum Gasteiger partial charge on any atom is 0.408 e. The number of rotatable bonds is 10. The first-order valence-electron chi connectivity index (χ1n) is 11.0. The lowest BCUT2D eigenvalue weighted by Gasteiger charge is -2.22. The van der Waals surface area contributed by atoms with Gasteiger partial charge in [-0.25, -0.2) is 9.59 Å². The van der Waals surface area contributed by atoms with Crippen LogP contribution in [0.5, 0.6) is 0 Å². The minimum absolute atomic E-state index is 0.0530. The van der Waals surface area contributed by atoms with Crippen LogP contribution in [0.1, 0.15) is 22.3 Å². The number of hydrogen-bond acceptors (Lipinski definition) is 4. The molecule has 0 bridgehead atoms. The van der Waals surface area contributed by atoms with Crippen molar-refractivity contribution in [2.75, 3.05) is 0 Å². The number of carboxylic acids is 1. The van der Waals surface area contributed by atoms with Gasteiger partial charge in [0.1, 0.15) is 18.7 Å². The van der Waals surface area contributed by atoms with Gasteiger partial charge in [0, 0.05) is 12.8 Å². The summed E-state index contributed by atoms with van der Waals surface area (Å²) in [6.45, 7) is 1.97. The largest absolute Gasteiger partial charge is 0.480 e. The average molecular weight is 461 g/mol. The van der Waals surface area contributed by atoms with Gasteiger partial charge < -0.3 is 20.5 Å². The van der Waals surface area contributed by atoms with E-state index in [-0.39, 0.29) is 19.4 Å². The van der Waals surface area contributed by atoms with Gasteiger partial charge in [-0.15, -0.1) is 0 Å². The highest BCUT2D eigenvalue weighted by Gasteiger charge is 2.27. The smallest absolute Gasteiger partial charge is 0.408 e. The van der Waals surface area contributed by atoms with E-state index >= 15 is 0 Å². The number of carboxylic acid groups (broad SMARTS) is 1. The van der Waals surface area contributed by atoms with Crippen LogP contribution in [-0.4, -0.2) is 35.2 Å². The molecule has 2 amide bonds. The maximum atomic E-state index is 13.1. The van der Waals surface area contributed by atoms with E-state index in [1.54, 1.807) is 0 Å². The van der Waals surface area contributed by atoms with Gasteiger partial charge in [-0.05, 0) is 23.6 Å². The number of nitrogens with one attached hydrogen (secondary N) is 2. The molecule has 3 aromatic carbocycles. The normalized spacial score (nSPS) is 12.3. The molecule has 0 heterocycles. The van der Waals surface area contributed by atoms with Crippen molar-refractivity contribution >= 4 is 18.0 Å². The van der Waals surface area contributed by atoms with Crippen LogP contribution in [-0.2, 0) is 33.8 Å². The van der Waals surface area contributed by atoms with Gasteiger partial charge in [0.15, 0.2) is 0 Å². The first-order chi connectivity index (χ1) is 16.4. The lowest BCUT2D eigenvalue weighted by molar-refractivity contribution is -0.142. The molecule has 0 aliphatic carbocycles. The van der Waals surface area contributed by atoms with Crippen molar-refractivity contribution < 1.29 is 24.2 Å². The highest BCUT2D eigenvalue weighted by Crippen LogP contribution is 2.09. The molecule has 0 unspecified atom stereocenters. The van der Waals surface area contributed by atoms with Gasteiger partial charge in [-0.3, -0.25) is 4.79 Å². The summed E-state index contributed by atoms with van der Waals surface area (Å²) in [6.07, 6.45) is -0.450. The van der Waals surface area contributed by atoms with Crippen molar-refractivity contribution in [3.63, 3.8) is 0 Å². The Balaban J connectivity index is 1.69. The molecule has 3 rings (SSSR count). The van der Waals surface area contributed by atoms with Crippen LogP contribution < -0.4 is 10.6 Å². The first-order valence-corrected chi connectivity index (χ1v) is 11.0. The minimum Gasteiger partial charge on any atom is -0.480 e. The Bertz CT molecular complexity index is 1100. The molecule has 2 atom stereocenters. The maximum absolute atomic E-state index is 13.1. The van der Waals surface area contributed by atoms with Crippen LogP contribution in [0.25, 0.3) is 0 Å². The van der Waals surface area contributed by atoms with E-state index in [9.17, 15) is 19.5 Å². The lowest BCUT2D eigenvalue weighted by atomic mass is 10.0. The van der Waals surface area contributed by atoms with Gasteiger partial charge in [0.25, 0.3) is 0 Å². The molecule has 34 heavy (non-hydrogen) atoms. The molecule has 0 radical (unpaired) electrons. The molecule has 0 aromatic heterocycles. The second kappa shape index (κ2) is 12.2. The number of amides is 2. The Morgan fingerprint density at radius 3 is 1.97 bits per heavy atom. The highest BCUT2D eigenvalue weighted by molar-refractivity contribution is 5.89. The summed E-state index contributed by atoms with van der Waals surface area (Å²) < 4.78 is 5.26. The summed E-state index contributed by atoms with van der Waals surface area (Å²) in [5, 5.41) is 14.9. The zero-order valence-electron chi connectivity index (χ0n) is 18.9. The molecule has 0 aliphatic rings. The summed E-state index contributed by atoms with van der Waals surface area (Å²) in [5.74, 6) is -1.75. The molecule has 0 saturated carbocycles. The third-order valence-corrected chi connectivity index (χ3v) is 5.24.